The molecule has 10 nitrogen and oxygen atoms in total. The minimum Gasteiger partial charge on any atom is -0.481 e. The largest absolute Gasteiger partial charge is 0.481 e. The number of pyridine rings is 2. The van der Waals surface area contributed by atoms with Gasteiger partial charge in [-0.25, -0.2) is 9.97 Å². The van der Waals surface area contributed by atoms with Gasteiger partial charge in [-0.2, -0.15) is 8.42 Å². The van der Waals surface area contributed by atoms with Crippen LogP contribution in [0.2, 0.25) is 0 Å². The van der Waals surface area contributed by atoms with Crippen LogP contribution < -0.4 is 9.80 Å². The van der Waals surface area contributed by atoms with Gasteiger partial charge in [0.2, 0.25) is 0 Å². The minimum atomic E-state index is -4.00. The summed E-state index contributed by atoms with van der Waals surface area (Å²) < 4.78 is 31.6. The number of anilines is 2. The number of carbonyl (C=O) groups is 2. The van der Waals surface area contributed by atoms with Gasteiger partial charge in [0.05, 0.1) is 5.75 Å². The number of rotatable bonds is 15. The lowest BCUT2D eigenvalue weighted by Gasteiger charge is -2.26. The predicted octanol–water partition coefficient (Wildman–Crippen LogP) is 7.78. The zero-order chi connectivity index (χ0) is 37.5. The molecule has 0 atom stereocenters. The van der Waals surface area contributed by atoms with Gasteiger partial charge in [0.25, 0.3) is 10.1 Å². The van der Waals surface area contributed by atoms with E-state index in [0.29, 0.717) is 38.6 Å². The maximum absolute atomic E-state index is 13.3. The molecule has 0 unspecified atom stereocenters. The van der Waals surface area contributed by atoms with Gasteiger partial charge in [-0.05, 0) is 62.8 Å². The summed E-state index contributed by atoms with van der Waals surface area (Å²) in [5.74, 6) is 0.799. The second kappa shape index (κ2) is 16.4. The lowest BCUT2D eigenvalue weighted by molar-refractivity contribution is -0.137. The van der Waals surface area contributed by atoms with E-state index in [0.717, 1.165) is 64.7 Å². The molecule has 1 fully saturated rings. The molecule has 2 aliphatic heterocycles. The van der Waals surface area contributed by atoms with Crippen LogP contribution >= 0.6 is 0 Å². The molecule has 0 amide bonds. The standard InChI is InChI=1S/C41H50N4O6S/c1-40(2)32-18-14-25-42-38(32)44(27-11-5-6-22-36(46)47)34(40)20-9-7-16-30-23-24-31(37(30)48)17-8-10-21-35-41(3,4)33-19-15-26-43-39(33)45(35)28-12-13-29-52(49,50)51/h7-10,14-21,25-26H,5-6,11-13,22-24,27-29H2,1-4H3,(H,46,47)(H,49,50,51)/b9-7+,10-8+,30-16+,31-17+,34-20+,35-21+. The quantitative estimate of drug-likeness (QED) is 0.106. The number of nitrogens with zero attached hydrogens (tertiary/aromatic N) is 4. The Labute approximate surface area is 307 Å². The Morgan fingerprint density at radius 3 is 1.67 bits per heavy atom. The fourth-order valence-electron chi connectivity index (χ4n) is 7.36. The molecular formula is C41H50N4O6S. The summed E-state index contributed by atoms with van der Waals surface area (Å²) in [5, 5.41) is 8.98. The molecule has 3 aliphatic rings. The second-order valence-corrected chi connectivity index (χ2v) is 16.2. The Balaban J connectivity index is 1.25. The van der Waals surface area contributed by atoms with Crippen LogP contribution in [0.15, 0.2) is 108 Å². The fourth-order valence-corrected chi connectivity index (χ4v) is 7.93. The van der Waals surface area contributed by atoms with Gasteiger partial charge in [-0.3, -0.25) is 14.1 Å². The van der Waals surface area contributed by atoms with Crippen LogP contribution in [0, 0.1) is 0 Å². The summed E-state index contributed by atoms with van der Waals surface area (Å²) in [6.07, 6.45) is 24.0. The first-order valence-corrected chi connectivity index (χ1v) is 19.7. The molecule has 5 rings (SSSR count). The highest BCUT2D eigenvalue weighted by Crippen LogP contribution is 2.47. The van der Waals surface area contributed by atoms with E-state index in [4.69, 9.17) is 9.66 Å². The van der Waals surface area contributed by atoms with Crippen LogP contribution in [-0.2, 0) is 30.5 Å². The lowest BCUT2D eigenvalue weighted by Crippen LogP contribution is -2.27. The van der Waals surface area contributed by atoms with Gasteiger partial charge in [0.15, 0.2) is 5.78 Å². The average Bonchev–Trinajstić information content (AvgIpc) is 3.63. The summed E-state index contributed by atoms with van der Waals surface area (Å²) in [6, 6.07) is 8.04. The van der Waals surface area contributed by atoms with Gasteiger partial charge >= 0.3 is 5.97 Å². The zero-order valence-electron chi connectivity index (χ0n) is 30.6. The Hall–Kier alpha value is -4.61. The summed E-state index contributed by atoms with van der Waals surface area (Å²) >= 11 is 0. The van der Waals surface area contributed by atoms with Crippen molar-refractivity contribution in [2.75, 3.05) is 28.6 Å². The fraction of sp³-hybridized carbons (Fsp3) is 0.415. The maximum Gasteiger partial charge on any atom is 0.303 e. The highest BCUT2D eigenvalue weighted by atomic mass is 32.2. The van der Waals surface area contributed by atoms with Gasteiger partial charge < -0.3 is 14.9 Å². The molecule has 276 valence electrons. The SMILES string of the molecule is CC1(C)\C(=C/C=C/C=C2\CC\C(=C/C=C/C=C3/N(CCCCS(=O)(=O)O)c4ncccc4C3(C)C)C2=O)N(CCCCCC(=O)O)c2ncccc21. The molecule has 1 saturated carbocycles. The van der Waals surface area contributed by atoms with Crippen molar-refractivity contribution in [1.82, 2.24) is 9.97 Å². The maximum atomic E-state index is 13.3. The average molecular weight is 727 g/mol. The van der Waals surface area contributed by atoms with E-state index in [2.05, 4.69) is 65.7 Å². The zero-order valence-corrected chi connectivity index (χ0v) is 31.4. The van der Waals surface area contributed by atoms with E-state index in [9.17, 15) is 18.0 Å². The van der Waals surface area contributed by atoms with Gasteiger partial charge in [0, 0.05) is 76.4 Å². The molecule has 0 radical (unpaired) electrons. The summed E-state index contributed by atoms with van der Waals surface area (Å²) in [7, 11) is -4.00. The van der Waals surface area contributed by atoms with Crippen LogP contribution in [0.3, 0.4) is 0 Å². The number of aliphatic carboxylic acids is 1. The number of carbonyl (C=O) groups excluding carboxylic acids is 1. The van der Waals surface area contributed by atoms with Crippen molar-refractivity contribution in [1.29, 1.82) is 0 Å². The van der Waals surface area contributed by atoms with Crippen molar-refractivity contribution >= 4 is 33.5 Å². The Morgan fingerprint density at radius 2 is 1.21 bits per heavy atom. The first-order chi connectivity index (χ1) is 24.7. The molecule has 0 spiro atoms. The topological polar surface area (TPSA) is 141 Å². The van der Waals surface area contributed by atoms with E-state index in [1.165, 1.54) is 0 Å². The van der Waals surface area contributed by atoms with E-state index < -0.39 is 16.1 Å². The summed E-state index contributed by atoms with van der Waals surface area (Å²) in [5.41, 5.74) is 5.35. The number of carboxylic acids is 1. The molecule has 2 N–H and O–H groups in total. The number of allylic oxidation sites excluding steroid dienone is 12. The second-order valence-electron chi connectivity index (χ2n) is 14.6. The monoisotopic (exact) mass is 726 g/mol. The van der Waals surface area contributed by atoms with Gasteiger partial charge in [-0.1, -0.05) is 82.7 Å². The van der Waals surface area contributed by atoms with Gasteiger partial charge in [0.1, 0.15) is 11.6 Å². The number of hydrogen-bond acceptors (Lipinski definition) is 8. The number of ketones is 1. The highest BCUT2D eigenvalue weighted by Gasteiger charge is 2.41. The summed E-state index contributed by atoms with van der Waals surface area (Å²) in [6.45, 7) is 9.96. The van der Waals surface area contributed by atoms with Crippen LogP contribution in [0.1, 0.15) is 90.2 Å². The van der Waals surface area contributed by atoms with Crippen molar-refractivity contribution in [3.05, 3.63) is 119 Å². The molecular weight excluding hydrogens is 677 g/mol. The minimum absolute atomic E-state index is 0.0497. The predicted molar refractivity (Wildman–Crippen MR) is 206 cm³/mol. The smallest absolute Gasteiger partial charge is 0.303 e. The molecule has 52 heavy (non-hydrogen) atoms. The molecule has 0 aromatic carbocycles. The molecule has 4 heterocycles. The first kappa shape index (κ1) is 38.6. The molecule has 11 heteroatoms. The number of hydrogen-bond donors (Lipinski definition) is 2. The Bertz CT molecular complexity index is 1970. The van der Waals surface area contributed by atoms with E-state index in [1.807, 2.05) is 54.7 Å². The highest BCUT2D eigenvalue weighted by molar-refractivity contribution is 7.85. The van der Waals surface area contributed by atoms with Crippen molar-refractivity contribution in [2.24, 2.45) is 0 Å². The van der Waals surface area contributed by atoms with Crippen molar-refractivity contribution < 1.29 is 27.7 Å². The Kier molecular flexibility index (Phi) is 12.2. The van der Waals surface area contributed by atoms with Crippen LogP contribution in [-0.4, -0.2) is 58.6 Å². The Morgan fingerprint density at radius 1 is 0.750 bits per heavy atom. The lowest BCUT2D eigenvalue weighted by atomic mass is 9.84. The number of aromatic nitrogens is 2. The van der Waals surface area contributed by atoms with Crippen molar-refractivity contribution in [3.8, 4) is 0 Å². The molecule has 0 saturated heterocycles. The van der Waals surface area contributed by atoms with Crippen LogP contribution in [0.25, 0.3) is 0 Å². The molecule has 0 bridgehead atoms. The first-order valence-electron chi connectivity index (χ1n) is 18.1. The normalized spacial score (nSPS) is 21.1. The third-order valence-electron chi connectivity index (χ3n) is 10.2. The molecule has 2 aromatic rings. The summed E-state index contributed by atoms with van der Waals surface area (Å²) in [4.78, 5) is 37.9. The third-order valence-corrected chi connectivity index (χ3v) is 11.0. The van der Waals surface area contributed by atoms with Crippen LogP contribution in [0.5, 0.6) is 0 Å². The third kappa shape index (κ3) is 8.87. The van der Waals surface area contributed by atoms with Crippen LogP contribution in [0.4, 0.5) is 11.6 Å². The molecule has 2 aromatic heterocycles. The number of fused-ring (bicyclic) bond motifs is 2. The molecule has 1 aliphatic carbocycles. The van der Waals surface area contributed by atoms with Crippen molar-refractivity contribution in [3.63, 3.8) is 0 Å². The number of unbranched alkanes of at least 4 members (excludes halogenated alkanes) is 3. The number of carboxylic acid groups (broad SMARTS) is 1. The van der Waals surface area contributed by atoms with Gasteiger partial charge in [-0.15, -0.1) is 0 Å². The van der Waals surface area contributed by atoms with E-state index >= 15 is 0 Å². The van der Waals surface area contributed by atoms with Crippen molar-refractivity contribution in [2.45, 2.75) is 89.9 Å². The van der Waals surface area contributed by atoms with E-state index in [1.54, 1.807) is 12.4 Å². The number of Topliss-reactive ketones (excluding diaryl/α,β-unsaturated/α-hetero) is 1. The van der Waals surface area contributed by atoms with E-state index in [-0.39, 0.29) is 28.8 Å².